The Kier molecular flexibility index (Phi) is 4.28. The van der Waals surface area contributed by atoms with Gasteiger partial charge in [-0.25, -0.2) is 9.97 Å². The highest BCUT2D eigenvalue weighted by molar-refractivity contribution is 5.67. The second-order valence-corrected chi connectivity index (χ2v) is 3.74. The van der Waals surface area contributed by atoms with Crippen LogP contribution in [0.3, 0.4) is 0 Å². The minimum atomic E-state index is -0.263. The summed E-state index contributed by atoms with van der Waals surface area (Å²) in [5, 5.41) is 6.94. The van der Waals surface area contributed by atoms with Crippen LogP contribution in [-0.2, 0) is 11.2 Å². The molecule has 1 aromatic heterocycles. The topological polar surface area (TPSA) is 94.1 Å². The monoisotopic (exact) mass is 258 g/mol. The van der Waals surface area contributed by atoms with Crippen molar-refractivity contribution < 1.29 is 9.47 Å². The molecule has 2 rings (SSSR count). The largest absolute Gasteiger partial charge is 0.465 e. The molecule has 0 aliphatic heterocycles. The van der Waals surface area contributed by atoms with Crippen LogP contribution in [0.15, 0.2) is 42.7 Å². The molecule has 6 nitrogen and oxygen atoms in total. The van der Waals surface area contributed by atoms with E-state index < -0.39 is 0 Å². The lowest BCUT2D eigenvalue weighted by Gasteiger charge is -2.05. The van der Waals surface area contributed by atoms with Crippen molar-refractivity contribution in [2.45, 2.75) is 6.42 Å². The highest BCUT2D eigenvalue weighted by Gasteiger charge is 2.00. The zero-order valence-electron chi connectivity index (χ0n) is 10.2. The van der Waals surface area contributed by atoms with Crippen LogP contribution in [0.4, 0.5) is 0 Å². The van der Waals surface area contributed by atoms with Gasteiger partial charge in [-0.05, 0) is 23.8 Å². The fourth-order valence-corrected chi connectivity index (χ4v) is 1.45. The van der Waals surface area contributed by atoms with Crippen LogP contribution in [0.5, 0.6) is 11.8 Å². The van der Waals surface area contributed by atoms with Gasteiger partial charge in [-0.3, -0.25) is 5.41 Å². The van der Waals surface area contributed by atoms with Gasteiger partial charge in [-0.15, -0.1) is 0 Å². The lowest BCUT2D eigenvalue weighted by Crippen LogP contribution is -2.15. The van der Waals surface area contributed by atoms with Crippen LogP contribution in [0.25, 0.3) is 0 Å². The predicted molar refractivity (Wildman–Crippen MR) is 70.1 cm³/mol. The normalized spacial score (nSPS) is 9.89. The predicted octanol–water partition coefficient (Wildman–Crippen LogP) is 1.72. The molecule has 0 unspecified atom stereocenters. The van der Waals surface area contributed by atoms with Crippen LogP contribution >= 0.6 is 0 Å². The second kappa shape index (κ2) is 6.34. The second-order valence-electron chi connectivity index (χ2n) is 3.74. The van der Waals surface area contributed by atoms with Crippen molar-refractivity contribution in [2.24, 2.45) is 5.73 Å². The van der Waals surface area contributed by atoms with Crippen molar-refractivity contribution in [3.63, 3.8) is 0 Å². The van der Waals surface area contributed by atoms with Gasteiger partial charge in [0.25, 0.3) is 6.02 Å². The fourth-order valence-electron chi connectivity index (χ4n) is 1.45. The van der Waals surface area contributed by atoms with Gasteiger partial charge in [0.2, 0.25) is 0 Å². The lowest BCUT2D eigenvalue weighted by atomic mass is 10.1. The molecule has 0 saturated carbocycles. The van der Waals surface area contributed by atoms with E-state index in [2.05, 4.69) is 9.97 Å². The highest BCUT2D eigenvalue weighted by Crippen LogP contribution is 2.17. The van der Waals surface area contributed by atoms with Gasteiger partial charge in [0.1, 0.15) is 5.75 Å². The minimum Gasteiger partial charge on any atom is -0.465 e. The zero-order valence-corrected chi connectivity index (χ0v) is 10.2. The molecular formula is C13H14N4O2. The zero-order chi connectivity index (χ0) is 13.5. The Morgan fingerprint density at radius 2 is 1.84 bits per heavy atom. The third kappa shape index (κ3) is 4.27. The molecule has 1 heterocycles. The van der Waals surface area contributed by atoms with E-state index in [0.717, 1.165) is 5.56 Å². The van der Waals surface area contributed by atoms with E-state index in [1.807, 2.05) is 24.3 Å². The van der Waals surface area contributed by atoms with Crippen LogP contribution in [0, 0.1) is 5.41 Å². The van der Waals surface area contributed by atoms with E-state index in [4.69, 9.17) is 20.6 Å². The quantitative estimate of drug-likeness (QED) is 0.629. The summed E-state index contributed by atoms with van der Waals surface area (Å²) in [5.41, 5.74) is 6.17. The molecule has 0 bridgehead atoms. The molecule has 1 aromatic carbocycles. The summed E-state index contributed by atoms with van der Waals surface area (Å²) in [7, 11) is 0. The molecule has 98 valence electrons. The molecule has 0 radical (unpaired) electrons. The third-order valence-corrected chi connectivity index (χ3v) is 2.32. The molecule has 2 aromatic rings. The number of rotatable bonds is 5. The Morgan fingerprint density at radius 1 is 1.16 bits per heavy atom. The van der Waals surface area contributed by atoms with E-state index in [1.54, 1.807) is 18.5 Å². The maximum atomic E-state index is 6.94. The number of amidine groups is 1. The summed E-state index contributed by atoms with van der Waals surface area (Å²) in [6.45, 7) is 0.386. The molecule has 6 heteroatoms. The SMILES string of the molecule is N=C(N)OCCc1ccc(Oc2ncccn2)cc1. The summed E-state index contributed by atoms with van der Waals surface area (Å²) in [5.74, 6) is 0.669. The Bertz CT molecular complexity index is 528. The van der Waals surface area contributed by atoms with E-state index >= 15 is 0 Å². The van der Waals surface area contributed by atoms with E-state index in [-0.39, 0.29) is 6.02 Å². The lowest BCUT2D eigenvalue weighted by molar-refractivity contribution is 0.301. The maximum absolute atomic E-state index is 6.94. The molecule has 0 saturated heterocycles. The number of hydrogen-bond donors (Lipinski definition) is 2. The van der Waals surface area contributed by atoms with E-state index in [1.165, 1.54) is 0 Å². The van der Waals surface area contributed by atoms with Gasteiger partial charge >= 0.3 is 6.01 Å². The first-order valence-corrected chi connectivity index (χ1v) is 5.74. The van der Waals surface area contributed by atoms with Crippen molar-refractivity contribution in [1.29, 1.82) is 5.41 Å². The van der Waals surface area contributed by atoms with Crippen molar-refractivity contribution in [2.75, 3.05) is 6.61 Å². The molecular weight excluding hydrogens is 244 g/mol. The summed E-state index contributed by atoms with van der Waals surface area (Å²) in [4.78, 5) is 7.95. The van der Waals surface area contributed by atoms with Gasteiger partial charge in [0.15, 0.2) is 0 Å². The van der Waals surface area contributed by atoms with Gasteiger partial charge in [-0.1, -0.05) is 12.1 Å². The third-order valence-electron chi connectivity index (χ3n) is 2.32. The summed E-state index contributed by atoms with van der Waals surface area (Å²) >= 11 is 0. The number of aromatic nitrogens is 2. The molecule has 0 aliphatic rings. The fraction of sp³-hybridized carbons (Fsp3) is 0.154. The first-order chi connectivity index (χ1) is 9.24. The Labute approximate surface area is 110 Å². The minimum absolute atomic E-state index is 0.263. The smallest absolute Gasteiger partial charge is 0.321 e. The molecule has 0 aliphatic carbocycles. The first kappa shape index (κ1) is 12.8. The van der Waals surface area contributed by atoms with Crippen molar-refractivity contribution in [1.82, 2.24) is 9.97 Å². The Hall–Kier alpha value is -2.63. The Morgan fingerprint density at radius 3 is 2.47 bits per heavy atom. The number of nitrogens with zero attached hydrogens (tertiary/aromatic N) is 2. The number of ether oxygens (including phenoxy) is 2. The standard InChI is InChI=1S/C13H14N4O2/c14-12(15)18-9-6-10-2-4-11(5-3-10)19-13-16-7-1-8-17-13/h1-5,7-8H,6,9H2,(H3,14,15). The average Bonchev–Trinajstić information content (AvgIpc) is 2.42. The van der Waals surface area contributed by atoms with E-state index in [0.29, 0.717) is 24.8 Å². The van der Waals surface area contributed by atoms with Gasteiger partial charge < -0.3 is 15.2 Å². The molecule has 19 heavy (non-hydrogen) atoms. The van der Waals surface area contributed by atoms with E-state index in [9.17, 15) is 0 Å². The molecule has 0 fully saturated rings. The van der Waals surface area contributed by atoms with Gasteiger partial charge in [0, 0.05) is 18.8 Å². The van der Waals surface area contributed by atoms with Crippen molar-refractivity contribution in [3.8, 4) is 11.8 Å². The number of benzene rings is 1. The number of nitrogens with one attached hydrogen (secondary N) is 1. The van der Waals surface area contributed by atoms with Gasteiger partial charge in [-0.2, -0.15) is 0 Å². The van der Waals surface area contributed by atoms with Crippen LogP contribution in [-0.4, -0.2) is 22.6 Å². The summed E-state index contributed by atoms with van der Waals surface area (Å²) in [6.07, 6.45) is 3.92. The summed E-state index contributed by atoms with van der Waals surface area (Å²) < 4.78 is 10.3. The maximum Gasteiger partial charge on any atom is 0.321 e. The molecule has 0 amide bonds. The highest BCUT2D eigenvalue weighted by atomic mass is 16.5. The molecule has 0 atom stereocenters. The molecule has 0 spiro atoms. The average molecular weight is 258 g/mol. The molecule has 3 N–H and O–H groups in total. The van der Waals surface area contributed by atoms with Crippen LogP contribution in [0.1, 0.15) is 5.56 Å². The summed E-state index contributed by atoms with van der Waals surface area (Å²) in [6, 6.07) is 9.28. The van der Waals surface area contributed by atoms with Crippen molar-refractivity contribution >= 4 is 6.02 Å². The van der Waals surface area contributed by atoms with Crippen LogP contribution in [0.2, 0.25) is 0 Å². The Balaban J connectivity index is 1.89. The van der Waals surface area contributed by atoms with Gasteiger partial charge in [0.05, 0.1) is 6.61 Å². The van der Waals surface area contributed by atoms with Crippen LogP contribution < -0.4 is 10.5 Å². The first-order valence-electron chi connectivity index (χ1n) is 5.74. The number of nitrogens with two attached hydrogens (primary N) is 1. The van der Waals surface area contributed by atoms with Crippen molar-refractivity contribution in [3.05, 3.63) is 48.3 Å². The number of hydrogen-bond acceptors (Lipinski definition) is 5.